The van der Waals surface area contributed by atoms with E-state index >= 15 is 0 Å². The van der Waals surface area contributed by atoms with Gasteiger partial charge in [-0.05, 0) is 37.0 Å². The molecular formula is C15H19ClN2O2. The fourth-order valence-corrected chi connectivity index (χ4v) is 2.62. The molecule has 1 aliphatic heterocycles. The molecule has 1 fully saturated rings. The number of likely N-dealkylation sites (tertiary alicyclic amines) is 1. The lowest BCUT2D eigenvalue weighted by Gasteiger charge is -2.31. The Balaban J connectivity index is 1.85. The van der Waals surface area contributed by atoms with Crippen LogP contribution in [0, 0.1) is 5.92 Å². The van der Waals surface area contributed by atoms with Gasteiger partial charge in [-0.2, -0.15) is 0 Å². The Morgan fingerprint density at radius 2 is 2.00 bits per heavy atom. The van der Waals surface area contributed by atoms with Gasteiger partial charge < -0.3 is 10.6 Å². The van der Waals surface area contributed by atoms with E-state index in [1.54, 1.807) is 4.90 Å². The first-order valence-corrected chi connectivity index (χ1v) is 7.25. The number of primary amides is 1. The summed E-state index contributed by atoms with van der Waals surface area (Å²) in [4.78, 5) is 25.1. The van der Waals surface area contributed by atoms with Crippen LogP contribution in [0.5, 0.6) is 0 Å². The van der Waals surface area contributed by atoms with Crippen LogP contribution in [0.2, 0.25) is 5.02 Å². The van der Waals surface area contributed by atoms with Crippen LogP contribution in [0.1, 0.15) is 24.8 Å². The minimum absolute atomic E-state index is 0.0888. The van der Waals surface area contributed by atoms with Gasteiger partial charge in [0.05, 0.1) is 5.92 Å². The lowest BCUT2D eigenvalue weighted by atomic mass is 9.97. The van der Waals surface area contributed by atoms with Gasteiger partial charge in [0.15, 0.2) is 0 Å². The number of benzene rings is 1. The molecule has 4 nitrogen and oxygen atoms in total. The first-order chi connectivity index (χ1) is 9.56. The van der Waals surface area contributed by atoms with Crippen LogP contribution in [-0.4, -0.2) is 29.8 Å². The van der Waals surface area contributed by atoms with Gasteiger partial charge in [-0.25, -0.2) is 0 Å². The van der Waals surface area contributed by atoms with E-state index < -0.39 is 0 Å². The third-order valence-electron chi connectivity index (χ3n) is 3.72. The number of rotatable bonds is 4. The molecule has 2 amide bonds. The average Bonchev–Trinajstić information content (AvgIpc) is 2.46. The number of halogens is 1. The zero-order valence-electron chi connectivity index (χ0n) is 11.3. The van der Waals surface area contributed by atoms with Crippen LogP contribution in [0.25, 0.3) is 0 Å². The van der Waals surface area contributed by atoms with Crippen molar-refractivity contribution in [3.8, 4) is 0 Å². The molecule has 2 N–H and O–H groups in total. The Hall–Kier alpha value is -1.55. The van der Waals surface area contributed by atoms with Gasteiger partial charge in [0, 0.05) is 24.5 Å². The molecule has 1 saturated heterocycles. The van der Waals surface area contributed by atoms with Gasteiger partial charge in [-0.15, -0.1) is 0 Å². The van der Waals surface area contributed by atoms with Gasteiger partial charge >= 0.3 is 0 Å². The Labute approximate surface area is 123 Å². The minimum Gasteiger partial charge on any atom is -0.369 e. The standard InChI is InChI=1S/C15H19ClN2O2/c16-13-6-3-11(4-7-13)5-8-14(19)18-9-1-2-12(10-18)15(17)20/h3-4,6-7,12H,1-2,5,8-10H2,(H2,17,20). The number of nitrogens with zero attached hydrogens (tertiary/aromatic N) is 1. The molecule has 0 bridgehead atoms. The number of hydrogen-bond donors (Lipinski definition) is 1. The van der Waals surface area contributed by atoms with Gasteiger partial charge in [-0.3, -0.25) is 9.59 Å². The predicted molar refractivity (Wildman–Crippen MR) is 78.3 cm³/mol. The van der Waals surface area contributed by atoms with E-state index in [-0.39, 0.29) is 17.7 Å². The number of amides is 2. The van der Waals surface area contributed by atoms with E-state index in [2.05, 4.69) is 0 Å². The number of carbonyl (C=O) groups excluding carboxylic acids is 2. The minimum atomic E-state index is -0.305. The summed E-state index contributed by atoms with van der Waals surface area (Å²) in [6.45, 7) is 1.19. The smallest absolute Gasteiger partial charge is 0.222 e. The molecule has 1 heterocycles. The number of nitrogens with two attached hydrogens (primary N) is 1. The first-order valence-electron chi connectivity index (χ1n) is 6.88. The fourth-order valence-electron chi connectivity index (χ4n) is 2.50. The van der Waals surface area contributed by atoms with Crippen LogP contribution in [-0.2, 0) is 16.0 Å². The molecule has 20 heavy (non-hydrogen) atoms. The van der Waals surface area contributed by atoms with Crippen LogP contribution in [0.4, 0.5) is 0 Å². The maximum Gasteiger partial charge on any atom is 0.222 e. The van der Waals surface area contributed by atoms with Crippen molar-refractivity contribution in [2.24, 2.45) is 11.7 Å². The van der Waals surface area contributed by atoms with Crippen molar-refractivity contribution in [3.05, 3.63) is 34.9 Å². The highest BCUT2D eigenvalue weighted by molar-refractivity contribution is 6.30. The third kappa shape index (κ3) is 3.97. The molecular weight excluding hydrogens is 276 g/mol. The molecule has 0 radical (unpaired) electrons. The topological polar surface area (TPSA) is 63.4 Å². The Kier molecular flexibility index (Phi) is 5.01. The van der Waals surface area contributed by atoms with Gasteiger partial charge in [0.25, 0.3) is 0 Å². The quantitative estimate of drug-likeness (QED) is 0.923. The van der Waals surface area contributed by atoms with Crippen molar-refractivity contribution in [3.63, 3.8) is 0 Å². The zero-order valence-corrected chi connectivity index (χ0v) is 12.1. The van der Waals surface area contributed by atoms with Crippen LogP contribution >= 0.6 is 11.6 Å². The summed E-state index contributed by atoms with van der Waals surface area (Å²) < 4.78 is 0. The van der Waals surface area contributed by atoms with Crippen molar-refractivity contribution in [2.75, 3.05) is 13.1 Å². The average molecular weight is 295 g/mol. The Morgan fingerprint density at radius 3 is 2.65 bits per heavy atom. The van der Waals surface area contributed by atoms with Crippen LogP contribution in [0.3, 0.4) is 0 Å². The second-order valence-electron chi connectivity index (χ2n) is 5.21. The van der Waals surface area contributed by atoms with Gasteiger partial charge in [-0.1, -0.05) is 23.7 Å². The molecule has 0 aromatic heterocycles. The lowest BCUT2D eigenvalue weighted by molar-refractivity contribution is -0.134. The molecule has 0 spiro atoms. The molecule has 1 aliphatic rings. The van der Waals surface area contributed by atoms with Crippen molar-refractivity contribution >= 4 is 23.4 Å². The van der Waals surface area contributed by atoms with Gasteiger partial charge in [0.1, 0.15) is 0 Å². The third-order valence-corrected chi connectivity index (χ3v) is 3.97. The highest BCUT2D eigenvalue weighted by Crippen LogP contribution is 2.18. The van der Waals surface area contributed by atoms with Crippen molar-refractivity contribution < 1.29 is 9.59 Å². The summed E-state index contributed by atoms with van der Waals surface area (Å²) >= 11 is 5.82. The van der Waals surface area contributed by atoms with Crippen molar-refractivity contribution in [1.29, 1.82) is 0 Å². The molecule has 2 rings (SSSR count). The monoisotopic (exact) mass is 294 g/mol. The largest absolute Gasteiger partial charge is 0.369 e. The van der Waals surface area contributed by atoms with Crippen LogP contribution in [0.15, 0.2) is 24.3 Å². The molecule has 1 aromatic rings. The lowest BCUT2D eigenvalue weighted by Crippen LogP contribution is -2.44. The SMILES string of the molecule is NC(=O)C1CCCN(C(=O)CCc2ccc(Cl)cc2)C1. The van der Waals surface area contributed by atoms with E-state index in [1.165, 1.54) is 0 Å². The molecule has 1 unspecified atom stereocenters. The number of carbonyl (C=O) groups is 2. The summed E-state index contributed by atoms with van der Waals surface area (Å²) in [5.74, 6) is -0.408. The van der Waals surface area contributed by atoms with Crippen LogP contribution < -0.4 is 5.73 Å². The highest BCUT2D eigenvalue weighted by atomic mass is 35.5. The molecule has 1 aromatic carbocycles. The van der Waals surface area contributed by atoms with E-state index in [1.807, 2.05) is 24.3 Å². The molecule has 1 atom stereocenters. The number of hydrogen-bond acceptors (Lipinski definition) is 2. The molecule has 5 heteroatoms. The van der Waals surface area contributed by atoms with E-state index in [0.717, 1.165) is 24.9 Å². The summed E-state index contributed by atoms with van der Waals surface area (Å²) in [6.07, 6.45) is 2.78. The van der Waals surface area contributed by atoms with E-state index in [4.69, 9.17) is 17.3 Å². The normalized spacial score (nSPS) is 18.9. The second kappa shape index (κ2) is 6.75. The Morgan fingerprint density at radius 1 is 1.30 bits per heavy atom. The second-order valence-corrected chi connectivity index (χ2v) is 5.64. The summed E-state index contributed by atoms with van der Waals surface area (Å²) in [6, 6.07) is 7.51. The summed E-state index contributed by atoms with van der Waals surface area (Å²) in [7, 11) is 0. The number of piperidine rings is 1. The molecule has 108 valence electrons. The Bertz CT molecular complexity index is 487. The maximum atomic E-state index is 12.2. The summed E-state index contributed by atoms with van der Waals surface area (Å²) in [5, 5.41) is 0.695. The van der Waals surface area contributed by atoms with Crippen molar-refractivity contribution in [2.45, 2.75) is 25.7 Å². The van der Waals surface area contributed by atoms with E-state index in [9.17, 15) is 9.59 Å². The highest BCUT2D eigenvalue weighted by Gasteiger charge is 2.26. The van der Waals surface area contributed by atoms with E-state index in [0.29, 0.717) is 24.4 Å². The maximum absolute atomic E-state index is 12.2. The molecule has 0 saturated carbocycles. The molecule has 0 aliphatic carbocycles. The summed E-state index contributed by atoms with van der Waals surface area (Å²) in [5.41, 5.74) is 6.41. The van der Waals surface area contributed by atoms with Crippen molar-refractivity contribution in [1.82, 2.24) is 4.90 Å². The predicted octanol–water partition coefficient (Wildman–Crippen LogP) is 2.00. The number of aryl methyl sites for hydroxylation is 1. The fraction of sp³-hybridized carbons (Fsp3) is 0.467. The van der Waals surface area contributed by atoms with Gasteiger partial charge in [0.2, 0.25) is 11.8 Å². The zero-order chi connectivity index (χ0) is 14.5. The first kappa shape index (κ1) is 14.9.